The third-order valence-electron chi connectivity index (χ3n) is 3.15. The zero-order valence-corrected chi connectivity index (χ0v) is 16.1. The highest BCUT2D eigenvalue weighted by atomic mass is 16.5. The van der Waals surface area contributed by atoms with Crippen LogP contribution in [0.4, 0.5) is 0 Å². The first-order valence-electron chi connectivity index (χ1n) is 8.58. The maximum atomic E-state index is 10.9. The number of carbonyl (C=O) groups is 2. The molecule has 0 aromatic rings. The standard InChI is InChI=1S/C11H20O2.C8H15NO2/c1-4-7-8-9-10(5-2)13-11(12)6-3;1-7(2)8(10)11-6-5-9(3)4/h6,10H,3-5,7-9H2,1-2H3;1,5-6H2,2-4H3. The minimum Gasteiger partial charge on any atom is -0.461 e. The summed E-state index contributed by atoms with van der Waals surface area (Å²) in [5.74, 6) is -0.616. The molecule has 0 aromatic carbocycles. The Morgan fingerprint density at radius 1 is 1.21 bits per heavy atom. The molecule has 0 saturated carbocycles. The molecular formula is C19H35NO4. The Morgan fingerprint density at radius 2 is 1.83 bits per heavy atom. The first-order chi connectivity index (χ1) is 11.3. The van der Waals surface area contributed by atoms with E-state index in [4.69, 9.17) is 9.47 Å². The summed E-state index contributed by atoms with van der Waals surface area (Å²) < 4.78 is 9.97. The molecule has 0 saturated heterocycles. The Morgan fingerprint density at radius 3 is 2.25 bits per heavy atom. The van der Waals surface area contributed by atoms with Gasteiger partial charge in [0.1, 0.15) is 12.7 Å². The molecule has 5 nitrogen and oxygen atoms in total. The van der Waals surface area contributed by atoms with E-state index >= 15 is 0 Å². The van der Waals surface area contributed by atoms with Gasteiger partial charge in [-0.3, -0.25) is 0 Å². The van der Waals surface area contributed by atoms with Crippen LogP contribution in [0, 0.1) is 0 Å². The van der Waals surface area contributed by atoms with Gasteiger partial charge in [0.05, 0.1) is 0 Å². The third kappa shape index (κ3) is 16.7. The lowest BCUT2D eigenvalue weighted by atomic mass is 10.1. The molecule has 0 rings (SSSR count). The number of unbranched alkanes of at least 4 members (excludes halogenated alkanes) is 2. The van der Waals surface area contributed by atoms with Gasteiger partial charge in [0, 0.05) is 18.2 Å². The maximum absolute atomic E-state index is 10.9. The maximum Gasteiger partial charge on any atom is 0.333 e. The molecule has 0 aromatic heterocycles. The van der Waals surface area contributed by atoms with E-state index in [1.165, 1.54) is 18.9 Å². The highest BCUT2D eigenvalue weighted by molar-refractivity contribution is 5.86. The van der Waals surface area contributed by atoms with Crippen molar-refractivity contribution >= 4 is 11.9 Å². The summed E-state index contributed by atoms with van der Waals surface area (Å²) in [7, 11) is 3.85. The molecule has 1 atom stereocenters. The number of rotatable bonds is 11. The number of hydrogen-bond acceptors (Lipinski definition) is 5. The van der Waals surface area contributed by atoms with Gasteiger partial charge in [-0.1, -0.05) is 39.8 Å². The van der Waals surface area contributed by atoms with Crippen LogP contribution in [0.5, 0.6) is 0 Å². The van der Waals surface area contributed by atoms with Gasteiger partial charge in [0.15, 0.2) is 0 Å². The Balaban J connectivity index is 0. The summed E-state index contributed by atoms with van der Waals surface area (Å²) in [6.07, 6.45) is 6.72. The first-order valence-corrected chi connectivity index (χ1v) is 8.58. The van der Waals surface area contributed by atoms with Crippen LogP contribution in [0.2, 0.25) is 0 Å². The van der Waals surface area contributed by atoms with E-state index in [0.717, 1.165) is 25.8 Å². The van der Waals surface area contributed by atoms with E-state index in [-0.39, 0.29) is 18.0 Å². The summed E-state index contributed by atoms with van der Waals surface area (Å²) >= 11 is 0. The van der Waals surface area contributed by atoms with Crippen molar-refractivity contribution in [3.8, 4) is 0 Å². The molecule has 24 heavy (non-hydrogen) atoms. The molecule has 1 unspecified atom stereocenters. The lowest BCUT2D eigenvalue weighted by Crippen LogP contribution is -2.20. The van der Waals surface area contributed by atoms with Crippen LogP contribution < -0.4 is 0 Å². The van der Waals surface area contributed by atoms with Gasteiger partial charge in [-0.25, -0.2) is 9.59 Å². The van der Waals surface area contributed by atoms with Gasteiger partial charge >= 0.3 is 11.9 Å². The molecule has 0 amide bonds. The van der Waals surface area contributed by atoms with Crippen LogP contribution in [0.3, 0.4) is 0 Å². The largest absolute Gasteiger partial charge is 0.461 e. The second-order valence-corrected chi connectivity index (χ2v) is 5.89. The number of carbonyl (C=O) groups excluding carboxylic acids is 2. The number of ether oxygens (including phenoxy) is 2. The minimum absolute atomic E-state index is 0.0806. The van der Waals surface area contributed by atoms with Crippen molar-refractivity contribution in [1.29, 1.82) is 0 Å². The molecule has 0 aliphatic heterocycles. The van der Waals surface area contributed by atoms with Crippen LogP contribution >= 0.6 is 0 Å². The van der Waals surface area contributed by atoms with Crippen LogP contribution in [-0.4, -0.2) is 50.2 Å². The predicted octanol–water partition coefficient (Wildman–Crippen LogP) is 3.74. The summed E-state index contributed by atoms with van der Waals surface area (Å²) in [6, 6.07) is 0. The van der Waals surface area contributed by atoms with Gasteiger partial charge in [-0.2, -0.15) is 0 Å². The van der Waals surface area contributed by atoms with Gasteiger partial charge in [0.25, 0.3) is 0 Å². The first kappa shape index (κ1) is 24.6. The normalized spacial score (nSPS) is 11.1. The van der Waals surface area contributed by atoms with Crippen molar-refractivity contribution in [2.75, 3.05) is 27.2 Å². The van der Waals surface area contributed by atoms with Crippen molar-refractivity contribution in [2.24, 2.45) is 0 Å². The molecule has 0 radical (unpaired) electrons. The molecule has 0 heterocycles. The Kier molecular flexibility index (Phi) is 16.7. The fourth-order valence-corrected chi connectivity index (χ4v) is 1.62. The monoisotopic (exact) mass is 341 g/mol. The molecular weight excluding hydrogens is 306 g/mol. The Hall–Kier alpha value is -1.62. The van der Waals surface area contributed by atoms with Crippen LogP contribution in [-0.2, 0) is 19.1 Å². The minimum atomic E-state index is -0.313. The van der Waals surface area contributed by atoms with Gasteiger partial charge in [-0.15, -0.1) is 0 Å². The molecule has 0 spiro atoms. The molecule has 140 valence electrons. The smallest absolute Gasteiger partial charge is 0.333 e. The van der Waals surface area contributed by atoms with Crippen molar-refractivity contribution in [2.45, 2.75) is 59.0 Å². The molecule has 0 aliphatic rings. The summed E-state index contributed by atoms with van der Waals surface area (Å²) in [6.45, 7) is 13.8. The van der Waals surface area contributed by atoms with Gasteiger partial charge in [-0.05, 0) is 40.3 Å². The van der Waals surface area contributed by atoms with E-state index in [1.54, 1.807) is 6.92 Å². The van der Waals surface area contributed by atoms with Crippen molar-refractivity contribution in [3.05, 3.63) is 24.8 Å². The zero-order valence-electron chi connectivity index (χ0n) is 16.1. The molecule has 0 fully saturated rings. The van der Waals surface area contributed by atoms with Crippen LogP contribution in [0.25, 0.3) is 0 Å². The van der Waals surface area contributed by atoms with E-state index in [9.17, 15) is 9.59 Å². The number of hydrogen-bond donors (Lipinski definition) is 0. The zero-order chi connectivity index (χ0) is 19.0. The lowest BCUT2D eigenvalue weighted by Gasteiger charge is -2.14. The Labute approximate surface area is 147 Å². The molecule has 5 heteroatoms. The Bertz CT molecular complexity index is 378. The predicted molar refractivity (Wildman–Crippen MR) is 98.8 cm³/mol. The summed E-state index contributed by atoms with van der Waals surface area (Å²) in [5.41, 5.74) is 0.448. The number of esters is 2. The molecule has 0 aliphatic carbocycles. The van der Waals surface area contributed by atoms with E-state index < -0.39 is 0 Å². The van der Waals surface area contributed by atoms with Gasteiger partial charge in [0.2, 0.25) is 0 Å². The lowest BCUT2D eigenvalue weighted by molar-refractivity contribution is -0.143. The van der Waals surface area contributed by atoms with Crippen molar-refractivity contribution in [1.82, 2.24) is 4.90 Å². The second kappa shape index (κ2) is 16.2. The van der Waals surface area contributed by atoms with Crippen molar-refractivity contribution in [3.63, 3.8) is 0 Å². The number of nitrogens with zero attached hydrogens (tertiary/aromatic N) is 1. The molecule has 0 bridgehead atoms. The highest BCUT2D eigenvalue weighted by Crippen LogP contribution is 2.10. The second-order valence-electron chi connectivity index (χ2n) is 5.89. The van der Waals surface area contributed by atoms with Crippen LogP contribution in [0.15, 0.2) is 24.8 Å². The fraction of sp³-hybridized carbons (Fsp3) is 0.684. The van der Waals surface area contributed by atoms with E-state index in [1.807, 2.05) is 25.9 Å². The quantitative estimate of drug-likeness (QED) is 0.325. The summed E-state index contributed by atoms with van der Waals surface area (Å²) in [4.78, 5) is 23.6. The van der Waals surface area contributed by atoms with E-state index in [0.29, 0.717) is 12.2 Å². The van der Waals surface area contributed by atoms with Crippen LogP contribution in [0.1, 0.15) is 52.9 Å². The number of likely N-dealkylation sites (N-methyl/N-ethyl adjacent to an activating group) is 1. The molecule has 0 N–H and O–H groups in total. The van der Waals surface area contributed by atoms with Gasteiger partial charge < -0.3 is 14.4 Å². The highest BCUT2D eigenvalue weighted by Gasteiger charge is 2.09. The average molecular weight is 341 g/mol. The van der Waals surface area contributed by atoms with E-state index in [2.05, 4.69) is 20.1 Å². The fourth-order valence-electron chi connectivity index (χ4n) is 1.62. The SMILES string of the molecule is C=C(C)C(=O)OCCN(C)C.C=CC(=O)OC(CC)CCCCC. The third-order valence-corrected chi connectivity index (χ3v) is 3.15. The summed E-state index contributed by atoms with van der Waals surface area (Å²) in [5, 5.41) is 0. The topological polar surface area (TPSA) is 55.8 Å². The van der Waals surface area contributed by atoms with Crippen molar-refractivity contribution < 1.29 is 19.1 Å². The average Bonchev–Trinajstić information content (AvgIpc) is 2.53.